The average Bonchev–Trinajstić information content (AvgIpc) is 3.11. The van der Waals surface area contributed by atoms with Gasteiger partial charge < -0.3 is 39.5 Å². The summed E-state index contributed by atoms with van der Waals surface area (Å²) >= 11 is 0. The molecule has 0 atom stereocenters. The van der Waals surface area contributed by atoms with Gasteiger partial charge >= 0.3 is 18.0 Å². The molecule has 2 fully saturated rings. The molecule has 0 radical (unpaired) electrons. The van der Waals surface area contributed by atoms with Crippen molar-refractivity contribution in [3.63, 3.8) is 0 Å². The lowest BCUT2D eigenvalue weighted by molar-refractivity contribution is 0.0426. The van der Waals surface area contributed by atoms with Crippen LogP contribution in [0, 0.1) is 0 Å². The Morgan fingerprint density at radius 3 is 1.43 bits per heavy atom. The summed E-state index contributed by atoms with van der Waals surface area (Å²) < 4.78 is 15.3. The summed E-state index contributed by atoms with van der Waals surface area (Å²) in [6.45, 7) is 11.6. The predicted octanol–water partition coefficient (Wildman–Crippen LogP) is 3.63. The van der Waals surface area contributed by atoms with Gasteiger partial charge in [-0.1, -0.05) is 50.2 Å². The van der Waals surface area contributed by atoms with Crippen LogP contribution in [-0.2, 0) is 27.3 Å². The third kappa shape index (κ3) is 11.1. The van der Waals surface area contributed by atoms with E-state index in [1.807, 2.05) is 43.9 Å². The Labute approximate surface area is 272 Å². The molecule has 0 bridgehead atoms. The number of hydrogen-bond acceptors (Lipinski definition) is 8. The Morgan fingerprint density at radius 2 is 1.09 bits per heavy atom. The van der Waals surface area contributed by atoms with Gasteiger partial charge in [-0.15, -0.1) is 0 Å². The molecule has 2 aromatic rings. The summed E-state index contributed by atoms with van der Waals surface area (Å²) in [5.74, 6) is -0.433. The zero-order chi connectivity index (χ0) is 33.3. The number of carbonyl (C=O) groups excluding carboxylic acids is 4. The number of esters is 1. The van der Waals surface area contributed by atoms with Crippen LogP contribution in [0.15, 0.2) is 48.5 Å². The third-order valence-corrected chi connectivity index (χ3v) is 7.67. The third-order valence-electron chi connectivity index (χ3n) is 7.67. The van der Waals surface area contributed by atoms with E-state index in [0.29, 0.717) is 89.9 Å². The zero-order valence-electron chi connectivity index (χ0n) is 27.4. The monoisotopic (exact) mass is 639 g/mol. The molecule has 2 aliphatic rings. The Balaban J connectivity index is 0.000000250. The van der Waals surface area contributed by atoms with Crippen LogP contribution in [0.4, 0.5) is 9.59 Å². The number of Topliss-reactive ketones (excluding diaryl/α,β-unsaturated/α-hetero) is 1. The average molecular weight is 640 g/mol. The molecule has 0 aliphatic carbocycles. The molecule has 0 saturated carbocycles. The molecule has 0 aromatic heterocycles. The number of ether oxygens (including phenoxy) is 3. The van der Waals surface area contributed by atoms with Crippen LogP contribution in [0.2, 0.25) is 0 Å². The number of amides is 4. The van der Waals surface area contributed by atoms with Crippen LogP contribution in [-0.4, -0.2) is 123 Å². The van der Waals surface area contributed by atoms with Gasteiger partial charge in [0, 0.05) is 57.9 Å². The van der Waals surface area contributed by atoms with Crippen molar-refractivity contribution in [2.24, 2.45) is 5.73 Å². The Kier molecular flexibility index (Phi) is 15.5. The Hall–Kier alpha value is -4.00. The molecular formula is C34H49N5O7. The molecule has 4 rings (SSSR count). The van der Waals surface area contributed by atoms with Crippen molar-refractivity contribution in [3.8, 4) is 0 Å². The number of methoxy groups -OCH3 is 1. The highest BCUT2D eigenvalue weighted by Crippen LogP contribution is 2.14. The minimum absolute atomic E-state index is 0.0107. The lowest BCUT2D eigenvalue weighted by Gasteiger charge is -2.33. The van der Waals surface area contributed by atoms with Crippen molar-refractivity contribution in [2.75, 3.05) is 79.4 Å². The van der Waals surface area contributed by atoms with Gasteiger partial charge in [-0.3, -0.25) is 4.79 Å². The molecule has 2 aromatic carbocycles. The number of ketones is 1. The first-order valence-corrected chi connectivity index (χ1v) is 16.0. The molecule has 4 amide bonds. The van der Waals surface area contributed by atoms with Crippen LogP contribution in [0.25, 0.3) is 0 Å². The second-order valence-electron chi connectivity index (χ2n) is 11.1. The Morgan fingerprint density at radius 1 is 0.696 bits per heavy atom. The van der Waals surface area contributed by atoms with E-state index in [-0.39, 0.29) is 30.4 Å². The van der Waals surface area contributed by atoms with Crippen molar-refractivity contribution in [1.82, 2.24) is 19.6 Å². The number of hydrogen-bond donors (Lipinski definition) is 1. The van der Waals surface area contributed by atoms with Crippen molar-refractivity contribution in [2.45, 2.75) is 39.8 Å². The van der Waals surface area contributed by atoms with Crippen LogP contribution in [0.5, 0.6) is 0 Å². The minimum Gasteiger partial charge on any atom is -0.465 e. The maximum atomic E-state index is 12.6. The largest absolute Gasteiger partial charge is 0.465 e. The topological polar surface area (TPSA) is 135 Å². The number of benzene rings is 2. The van der Waals surface area contributed by atoms with E-state index >= 15 is 0 Å². The van der Waals surface area contributed by atoms with Gasteiger partial charge in [-0.2, -0.15) is 0 Å². The fourth-order valence-corrected chi connectivity index (χ4v) is 5.15. The maximum Gasteiger partial charge on any atom is 0.337 e. The molecule has 2 saturated heterocycles. The molecule has 2 heterocycles. The number of morpholine rings is 2. The lowest BCUT2D eigenvalue weighted by Crippen LogP contribution is -2.48. The number of urea groups is 2. The second-order valence-corrected chi connectivity index (χ2v) is 11.1. The number of nitrogens with two attached hydrogens (primary N) is 1. The van der Waals surface area contributed by atoms with E-state index in [1.54, 1.807) is 24.3 Å². The highest BCUT2D eigenvalue weighted by Gasteiger charge is 2.24. The molecule has 12 nitrogen and oxygen atoms in total. The van der Waals surface area contributed by atoms with Crippen LogP contribution in [0.1, 0.15) is 58.5 Å². The number of rotatable bonds is 11. The molecule has 2 aliphatic heterocycles. The first kappa shape index (κ1) is 36.5. The first-order valence-electron chi connectivity index (χ1n) is 16.0. The molecule has 0 spiro atoms. The van der Waals surface area contributed by atoms with Crippen molar-refractivity contribution in [1.29, 1.82) is 0 Å². The first-order chi connectivity index (χ1) is 22.3. The van der Waals surface area contributed by atoms with E-state index < -0.39 is 0 Å². The molecule has 0 unspecified atom stereocenters. The molecule has 2 N–H and O–H groups in total. The predicted molar refractivity (Wildman–Crippen MR) is 175 cm³/mol. The van der Waals surface area contributed by atoms with Crippen molar-refractivity contribution >= 4 is 23.8 Å². The minimum atomic E-state index is -0.355. The maximum absolute atomic E-state index is 12.6. The Bertz CT molecular complexity index is 1150. The van der Waals surface area contributed by atoms with Gasteiger partial charge in [0.2, 0.25) is 0 Å². The molecule has 12 heteroatoms. The summed E-state index contributed by atoms with van der Waals surface area (Å²) in [5.41, 5.74) is 8.49. The zero-order valence-corrected chi connectivity index (χ0v) is 27.4. The van der Waals surface area contributed by atoms with Crippen LogP contribution >= 0.6 is 0 Å². The van der Waals surface area contributed by atoms with Gasteiger partial charge in [0.05, 0.1) is 45.6 Å². The highest BCUT2D eigenvalue weighted by atomic mass is 16.5. The molecule has 46 heavy (non-hydrogen) atoms. The fraction of sp³-hybridized carbons (Fsp3) is 0.529. The second kappa shape index (κ2) is 19.5. The SMILES string of the molecule is CCCN(Cc1ccc(C(=O)CN)cc1)C(=O)N1CCOCC1.CCCN(Cc1ccc(C(=O)OC)cc1)C(=O)N1CCOCC1. The van der Waals surface area contributed by atoms with Crippen LogP contribution in [0.3, 0.4) is 0 Å². The summed E-state index contributed by atoms with van der Waals surface area (Å²) in [6.07, 6.45) is 1.80. The van der Waals surface area contributed by atoms with Gasteiger partial charge in [-0.25, -0.2) is 14.4 Å². The van der Waals surface area contributed by atoms with Gasteiger partial charge in [0.25, 0.3) is 0 Å². The van der Waals surface area contributed by atoms with Crippen molar-refractivity contribution < 1.29 is 33.4 Å². The van der Waals surface area contributed by atoms with Gasteiger partial charge in [0.1, 0.15) is 0 Å². The number of carbonyl (C=O) groups is 4. The fourth-order valence-electron chi connectivity index (χ4n) is 5.15. The van der Waals surface area contributed by atoms with E-state index in [1.165, 1.54) is 7.11 Å². The molecule has 252 valence electrons. The van der Waals surface area contributed by atoms with E-state index in [2.05, 4.69) is 13.8 Å². The lowest BCUT2D eigenvalue weighted by atomic mass is 10.1. The summed E-state index contributed by atoms with van der Waals surface area (Å²) in [6, 6.07) is 14.6. The van der Waals surface area contributed by atoms with Crippen molar-refractivity contribution in [3.05, 3.63) is 70.8 Å². The van der Waals surface area contributed by atoms with E-state index in [0.717, 1.165) is 24.0 Å². The quantitative estimate of drug-likeness (QED) is 0.291. The highest BCUT2D eigenvalue weighted by molar-refractivity contribution is 5.97. The van der Waals surface area contributed by atoms with Crippen LogP contribution < -0.4 is 5.73 Å². The summed E-state index contributed by atoms with van der Waals surface area (Å²) in [4.78, 5) is 55.7. The standard InChI is InChI=1S/C17H25N3O3.C17H24N2O4/c1-2-7-20(17(22)19-8-10-23-11-9-19)13-14-3-5-15(6-4-14)16(21)12-18;1-3-8-19(17(21)18-9-11-23-12-10-18)13-14-4-6-15(7-5-14)16(20)22-2/h3-6H,2,7-13,18H2,1H3;4-7H,3,8-13H2,1-2H3. The normalized spacial score (nSPS) is 14.5. The number of nitrogens with zero attached hydrogens (tertiary/aromatic N) is 4. The van der Waals surface area contributed by atoms with Gasteiger partial charge in [-0.05, 0) is 36.1 Å². The van der Waals surface area contributed by atoms with E-state index in [9.17, 15) is 19.2 Å². The summed E-state index contributed by atoms with van der Waals surface area (Å²) in [7, 11) is 1.36. The van der Waals surface area contributed by atoms with Gasteiger partial charge in [0.15, 0.2) is 5.78 Å². The summed E-state index contributed by atoms with van der Waals surface area (Å²) in [5, 5.41) is 0. The smallest absolute Gasteiger partial charge is 0.337 e. The van der Waals surface area contributed by atoms with E-state index in [4.69, 9.17) is 19.9 Å². The molecular weight excluding hydrogens is 590 g/mol.